The molecule has 1 aliphatic heterocycles. The predicted molar refractivity (Wildman–Crippen MR) is 75.9 cm³/mol. The van der Waals surface area contributed by atoms with Crippen LogP contribution < -0.4 is 5.32 Å². The van der Waals surface area contributed by atoms with E-state index in [1.807, 2.05) is 13.8 Å². The van der Waals surface area contributed by atoms with E-state index >= 15 is 0 Å². The Balaban J connectivity index is 1.90. The van der Waals surface area contributed by atoms with E-state index in [9.17, 15) is 14.7 Å². The molecule has 2 amide bonds. The quantitative estimate of drug-likeness (QED) is 0.805. The van der Waals surface area contributed by atoms with Gasteiger partial charge in [0.15, 0.2) is 0 Å². The van der Waals surface area contributed by atoms with Crippen molar-refractivity contribution in [1.29, 1.82) is 0 Å². The first-order valence-electron chi connectivity index (χ1n) is 7.73. The predicted octanol–water partition coefficient (Wildman–Crippen LogP) is 0.911. The summed E-state index contributed by atoms with van der Waals surface area (Å²) in [6.45, 7) is 4.60. The molecule has 5 nitrogen and oxygen atoms in total. The molecular weight excluding hydrogens is 256 g/mol. The number of nitrogens with one attached hydrogen (secondary N) is 1. The number of carbonyl (C=O) groups excluding carboxylic acids is 2. The molecule has 2 aliphatic rings. The normalized spacial score (nSPS) is 30.9. The van der Waals surface area contributed by atoms with Gasteiger partial charge in [0, 0.05) is 37.6 Å². The second kappa shape index (κ2) is 6.57. The smallest absolute Gasteiger partial charge is 0.225 e. The van der Waals surface area contributed by atoms with Gasteiger partial charge in [-0.25, -0.2) is 0 Å². The van der Waals surface area contributed by atoms with Gasteiger partial charge in [0.05, 0.1) is 5.92 Å². The summed E-state index contributed by atoms with van der Waals surface area (Å²) in [5.74, 6) is -0.00784. The highest BCUT2D eigenvalue weighted by molar-refractivity contribution is 5.89. The van der Waals surface area contributed by atoms with E-state index in [1.54, 1.807) is 4.90 Å². The average Bonchev–Trinajstić information content (AvgIpc) is 2.81. The van der Waals surface area contributed by atoms with Gasteiger partial charge in [-0.05, 0) is 26.7 Å². The van der Waals surface area contributed by atoms with Gasteiger partial charge in [0.25, 0.3) is 0 Å². The van der Waals surface area contributed by atoms with Gasteiger partial charge in [-0.3, -0.25) is 9.59 Å². The van der Waals surface area contributed by atoms with Crippen LogP contribution in [0.15, 0.2) is 0 Å². The molecule has 0 bridgehead atoms. The number of carbonyl (C=O) groups is 2. The molecule has 2 fully saturated rings. The molecule has 1 aliphatic carbocycles. The van der Waals surface area contributed by atoms with Gasteiger partial charge in [0.2, 0.25) is 11.8 Å². The van der Waals surface area contributed by atoms with Crippen LogP contribution in [0.25, 0.3) is 0 Å². The molecule has 1 saturated heterocycles. The standard InChI is InChI=1S/C15H26N2O3/c1-10(2)17-8-12(7-14(17)19)15(20)16-13-6-4-3-5-11(13)9-18/h10-13,18H,3-9H2,1-2H3,(H,16,20). The van der Waals surface area contributed by atoms with Crippen LogP contribution in [0.5, 0.6) is 0 Å². The zero-order valence-electron chi connectivity index (χ0n) is 12.5. The van der Waals surface area contributed by atoms with Crippen LogP contribution in [-0.4, -0.2) is 47.1 Å². The lowest BCUT2D eigenvalue weighted by Crippen LogP contribution is -2.46. The largest absolute Gasteiger partial charge is 0.396 e. The van der Waals surface area contributed by atoms with Crippen molar-refractivity contribution in [3.63, 3.8) is 0 Å². The van der Waals surface area contributed by atoms with Crippen molar-refractivity contribution in [2.24, 2.45) is 11.8 Å². The highest BCUT2D eigenvalue weighted by Crippen LogP contribution is 2.26. The van der Waals surface area contributed by atoms with Crippen LogP contribution in [0, 0.1) is 11.8 Å². The molecular formula is C15H26N2O3. The number of likely N-dealkylation sites (tertiary alicyclic amines) is 1. The summed E-state index contributed by atoms with van der Waals surface area (Å²) in [6.07, 6.45) is 4.46. The Morgan fingerprint density at radius 2 is 2.10 bits per heavy atom. The molecule has 2 N–H and O–H groups in total. The Labute approximate surface area is 120 Å². The van der Waals surface area contributed by atoms with E-state index in [1.165, 1.54) is 0 Å². The Bertz CT molecular complexity index is 370. The van der Waals surface area contributed by atoms with Crippen molar-refractivity contribution in [1.82, 2.24) is 10.2 Å². The van der Waals surface area contributed by atoms with Crippen LogP contribution in [0.2, 0.25) is 0 Å². The van der Waals surface area contributed by atoms with Crippen molar-refractivity contribution in [3.8, 4) is 0 Å². The first-order valence-corrected chi connectivity index (χ1v) is 7.73. The molecule has 20 heavy (non-hydrogen) atoms. The molecule has 2 rings (SSSR count). The molecule has 3 unspecified atom stereocenters. The minimum Gasteiger partial charge on any atom is -0.396 e. The minimum atomic E-state index is -0.230. The Morgan fingerprint density at radius 3 is 2.70 bits per heavy atom. The summed E-state index contributed by atoms with van der Waals surface area (Å²) in [5.41, 5.74) is 0. The van der Waals surface area contributed by atoms with Gasteiger partial charge in [-0.15, -0.1) is 0 Å². The molecule has 0 spiro atoms. The van der Waals surface area contributed by atoms with Crippen molar-refractivity contribution >= 4 is 11.8 Å². The Hall–Kier alpha value is -1.10. The summed E-state index contributed by atoms with van der Waals surface area (Å²) in [4.78, 5) is 25.9. The van der Waals surface area contributed by atoms with Crippen molar-refractivity contribution < 1.29 is 14.7 Å². The third-order valence-corrected chi connectivity index (χ3v) is 4.62. The molecule has 3 atom stereocenters. The topological polar surface area (TPSA) is 69.6 Å². The summed E-state index contributed by atoms with van der Waals surface area (Å²) in [6, 6.07) is 0.227. The maximum absolute atomic E-state index is 12.3. The third-order valence-electron chi connectivity index (χ3n) is 4.62. The van der Waals surface area contributed by atoms with Crippen LogP contribution >= 0.6 is 0 Å². The summed E-state index contributed by atoms with van der Waals surface area (Å²) < 4.78 is 0. The number of amides is 2. The fourth-order valence-electron chi connectivity index (χ4n) is 3.32. The molecule has 0 radical (unpaired) electrons. The first-order chi connectivity index (χ1) is 9.52. The van der Waals surface area contributed by atoms with Crippen LogP contribution in [0.4, 0.5) is 0 Å². The fourth-order valence-corrected chi connectivity index (χ4v) is 3.32. The number of hydrogen-bond donors (Lipinski definition) is 2. The molecule has 0 aromatic carbocycles. The third kappa shape index (κ3) is 3.32. The van der Waals surface area contributed by atoms with Crippen LogP contribution in [-0.2, 0) is 9.59 Å². The summed E-state index contributed by atoms with van der Waals surface area (Å²) in [5, 5.41) is 12.4. The zero-order valence-corrected chi connectivity index (χ0v) is 12.5. The molecule has 0 aromatic rings. The van der Waals surface area contributed by atoms with Crippen molar-refractivity contribution in [3.05, 3.63) is 0 Å². The van der Waals surface area contributed by atoms with Crippen molar-refractivity contribution in [2.75, 3.05) is 13.2 Å². The van der Waals surface area contributed by atoms with E-state index in [2.05, 4.69) is 5.32 Å². The lowest BCUT2D eigenvalue weighted by Gasteiger charge is -2.31. The lowest BCUT2D eigenvalue weighted by molar-refractivity contribution is -0.130. The number of aliphatic hydroxyl groups is 1. The SMILES string of the molecule is CC(C)N1CC(C(=O)NC2CCCCC2CO)CC1=O. The van der Waals surface area contributed by atoms with Gasteiger partial charge < -0.3 is 15.3 Å². The van der Waals surface area contributed by atoms with Gasteiger partial charge in [-0.1, -0.05) is 12.8 Å². The Kier molecular flexibility index (Phi) is 5.02. The molecule has 114 valence electrons. The average molecular weight is 282 g/mol. The van der Waals surface area contributed by atoms with E-state index in [0.29, 0.717) is 13.0 Å². The van der Waals surface area contributed by atoms with E-state index in [-0.39, 0.29) is 42.3 Å². The monoisotopic (exact) mass is 282 g/mol. The highest BCUT2D eigenvalue weighted by atomic mass is 16.3. The summed E-state index contributed by atoms with van der Waals surface area (Å²) >= 11 is 0. The number of hydrogen-bond acceptors (Lipinski definition) is 3. The molecule has 1 saturated carbocycles. The molecule has 1 heterocycles. The summed E-state index contributed by atoms with van der Waals surface area (Å²) in [7, 11) is 0. The molecule has 0 aromatic heterocycles. The fraction of sp³-hybridized carbons (Fsp3) is 0.867. The number of aliphatic hydroxyl groups excluding tert-OH is 1. The molecule has 5 heteroatoms. The van der Waals surface area contributed by atoms with E-state index < -0.39 is 0 Å². The highest BCUT2D eigenvalue weighted by Gasteiger charge is 2.37. The number of nitrogens with zero attached hydrogens (tertiary/aromatic N) is 1. The van der Waals surface area contributed by atoms with E-state index in [4.69, 9.17) is 0 Å². The second-order valence-electron chi connectivity index (χ2n) is 6.38. The first kappa shape index (κ1) is 15.3. The maximum Gasteiger partial charge on any atom is 0.225 e. The Morgan fingerprint density at radius 1 is 1.40 bits per heavy atom. The lowest BCUT2D eigenvalue weighted by atomic mass is 9.84. The van der Waals surface area contributed by atoms with Gasteiger partial charge in [0.1, 0.15) is 0 Å². The minimum absolute atomic E-state index is 0.0214. The van der Waals surface area contributed by atoms with Crippen molar-refractivity contribution in [2.45, 2.75) is 58.0 Å². The van der Waals surface area contributed by atoms with E-state index in [0.717, 1.165) is 25.7 Å². The van der Waals surface area contributed by atoms with Gasteiger partial charge in [-0.2, -0.15) is 0 Å². The number of rotatable bonds is 4. The van der Waals surface area contributed by atoms with Gasteiger partial charge >= 0.3 is 0 Å². The van der Waals surface area contributed by atoms with Crippen LogP contribution in [0.3, 0.4) is 0 Å². The second-order valence-corrected chi connectivity index (χ2v) is 6.38. The zero-order chi connectivity index (χ0) is 14.7. The maximum atomic E-state index is 12.3. The van der Waals surface area contributed by atoms with Crippen LogP contribution in [0.1, 0.15) is 46.0 Å².